The molecule has 1 N–H and O–H groups in total. The fourth-order valence-electron chi connectivity index (χ4n) is 3.42. The Hall–Kier alpha value is -2.28. The highest BCUT2D eigenvalue weighted by molar-refractivity contribution is 5.97. The minimum Gasteiger partial charge on any atom is -0.305 e. The number of aromatic nitrogens is 4. The molecule has 0 saturated heterocycles. The Balaban J connectivity index is 1.56. The molecular formula is C17H22N6O. The maximum atomic E-state index is 12.5. The second kappa shape index (κ2) is 6.32. The molecular weight excluding hydrogens is 304 g/mol. The molecule has 4 rings (SSSR count). The van der Waals surface area contributed by atoms with Gasteiger partial charge in [0.25, 0.3) is 5.56 Å². The molecule has 0 amide bonds. The van der Waals surface area contributed by atoms with E-state index in [2.05, 4.69) is 20.0 Å². The molecule has 0 radical (unpaired) electrons. The van der Waals surface area contributed by atoms with E-state index in [1.165, 1.54) is 0 Å². The maximum absolute atomic E-state index is 12.5. The molecule has 126 valence electrons. The summed E-state index contributed by atoms with van der Waals surface area (Å²) in [6, 6.07) is 2.02. The Bertz CT molecular complexity index is 834. The smallest absolute Gasteiger partial charge is 0.255 e. The van der Waals surface area contributed by atoms with Crippen LogP contribution in [0.3, 0.4) is 0 Å². The van der Waals surface area contributed by atoms with Crippen molar-refractivity contribution < 1.29 is 0 Å². The molecule has 0 bridgehead atoms. The quantitative estimate of drug-likeness (QED) is 0.914. The van der Waals surface area contributed by atoms with Gasteiger partial charge in [-0.1, -0.05) is 0 Å². The molecule has 0 saturated carbocycles. The van der Waals surface area contributed by atoms with Crippen molar-refractivity contribution in [3.63, 3.8) is 0 Å². The molecule has 2 aliphatic heterocycles. The second-order valence-corrected chi connectivity index (χ2v) is 6.57. The molecule has 7 heteroatoms. The van der Waals surface area contributed by atoms with Crippen LogP contribution in [-0.2, 0) is 26.6 Å². The van der Waals surface area contributed by atoms with Gasteiger partial charge in [-0.2, -0.15) is 5.10 Å². The fraction of sp³-hybridized carbons (Fsp3) is 0.529. The van der Waals surface area contributed by atoms with Crippen LogP contribution in [0.5, 0.6) is 0 Å². The summed E-state index contributed by atoms with van der Waals surface area (Å²) in [5, 5.41) is 4.42. The largest absolute Gasteiger partial charge is 0.305 e. The van der Waals surface area contributed by atoms with Crippen LogP contribution in [0.25, 0.3) is 0 Å². The summed E-state index contributed by atoms with van der Waals surface area (Å²) in [5.74, 6) is 0.677. The first-order valence-corrected chi connectivity index (χ1v) is 8.56. The van der Waals surface area contributed by atoms with Crippen LogP contribution in [0, 0.1) is 0 Å². The summed E-state index contributed by atoms with van der Waals surface area (Å²) in [5.41, 5.74) is 3.68. The SMILES string of the molecule is Cn1ccc(CN2CCc3nc(C4=NCCCC4)[nH]c(=O)c3C2)n1. The predicted molar refractivity (Wildman–Crippen MR) is 91.1 cm³/mol. The van der Waals surface area contributed by atoms with Crippen molar-refractivity contribution >= 4 is 5.71 Å². The minimum atomic E-state index is -0.0194. The third kappa shape index (κ3) is 3.03. The second-order valence-electron chi connectivity index (χ2n) is 6.57. The number of rotatable bonds is 3. The van der Waals surface area contributed by atoms with Gasteiger partial charge >= 0.3 is 0 Å². The number of hydrogen-bond acceptors (Lipinski definition) is 5. The normalized spacial score (nSPS) is 18.3. The highest BCUT2D eigenvalue weighted by Crippen LogP contribution is 2.17. The number of aromatic amines is 1. The lowest BCUT2D eigenvalue weighted by Gasteiger charge is -2.27. The zero-order valence-electron chi connectivity index (χ0n) is 14.0. The van der Waals surface area contributed by atoms with Crippen LogP contribution in [0.4, 0.5) is 0 Å². The first-order valence-electron chi connectivity index (χ1n) is 8.56. The molecule has 0 aromatic carbocycles. The van der Waals surface area contributed by atoms with E-state index in [0.29, 0.717) is 12.4 Å². The van der Waals surface area contributed by atoms with E-state index in [1.807, 2.05) is 19.3 Å². The van der Waals surface area contributed by atoms with Gasteiger partial charge in [-0.15, -0.1) is 0 Å². The molecule has 24 heavy (non-hydrogen) atoms. The third-order valence-corrected chi connectivity index (χ3v) is 4.70. The number of hydrogen-bond donors (Lipinski definition) is 1. The van der Waals surface area contributed by atoms with Gasteiger partial charge in [0, 0.05) is 45.8 Å². The lowest BCUT2D eigenvalue weighted by atomic mass is 10.1. The summed E-state index contributed by atoms with van der Waals surface area (Å²) in [4.78, 5) is 27.0. The minimum absolute atomic E-state index is 0.0194. The number of nitrogens with zero attached hydrogens (tertiary/aromatic N) is 5. The lowest BCUT2D eigenvalue weighted by Crippen LogP contribution is -2.36. The average Bonchev–Trinajstić information content (AvgIpc) is 3.01. The fourth-order valence-corrected chi connectivity index (χ4v) is 3.42. The van der Waals surface area contributed by atoms with Crippen molar-refractivity contribution in [3.05, 3.63) is 45.4 Å². The topological polar surface area (TPSA) is 79.2 Å². The number of fused-ring (bicyclic) bond motifs is 1. The number of aliphatic imine (C=N–C) groups is 1. The van der Waals surface area contributed by atoms with Gasteiger partial charge in [-0.25, -0.2) is 4.98 Å². The summed E-state index contributed by atoms with van der Waals surface area (Å²) in [6.45, 7) is 3.12. The Kier molecular flexibility index (Phi) is 4.02. The van der Waals surface area contributed by atoms with Gasteiger partial charge in [-0.3, -0.25) is 19.4 Å². The summed E-state index contributed by atoms with van der Waals surface area (Å²) in [6.07, 6.45) is 5.90. The molecule has 2 aliphatic rings. The van der Waals surface area contributed by atoms with Crippen LogP contribution in [0.2, 0.25) is 0 Å². The molecule has 0 unspecified atom stereocenters. The van der Waals surface area contributed by atoms with E-state index in [9.17, 15) is 4.79 Å². The third-order valence-electron chi connectivity index (χ3n) is 4.70. The number of nitrogens with one attached hydrogen (secondary N) is 1. The van der Waals surface area contributed by atoms with Gasteiger partial charge in [0.2, 0.25) is 0 Å². The van der Waals surface area contributed by atoms with E-state index < -0.39 is 0 Å². The zero-order chi connectivity index (χ0) is 16.5. The van der Waals surface area contributed by atoms with Crippen LogP contribution in [-0.4, -0.2) is 43.4 Å². The molecule has 0 fully saturated rings. The molecule has 2 aromatic rings. The van der Waals surface area contributed by atoms with E-state index in [4.69, 9.17) is 4.98 Å². The van der Waals surface area contributed by atoms with Gasteiger partial charge in [0.1, 0.15) is 0 Å². The van der Waals surface area contributed by atoms with Gasteiger partial charge in [0.15, 0.2) is 5.82 Å². The first kappa shape index (κ1) is 15.3. The van der Waals surface area contributed by atoms with E-state index in [0.717, 1.165) is 68.0 Å². The highest BCUT2D eigenvalue weighted by Gasteiger charge is 2.23. The van der Waals surface area contributed by atoms with Crippen LogP contribution < -0.4 is 5.56 Å². The Morgan fingerprint density at radius 2 is 2.21 bits per heavy atom. The molecule has 0 aliphatic carbocycles. The van der Waals surface area contributed by atoms with E-state index >= 15 is 0 Å². The lowest BCUT2D eigenvalue weighted by molar-refractivity contribution is 0.238. The molecule has 0 atom stereocenters. The van der Waals surface area contributed by atoms with E-state index in [-0.39, 0.29) is 5.56 Å². The standard InChI is InChI=1S/C17H22N6O/c1-22-8-5-12(21-22)10-23-9-6-14-13(11-23)17(24)20-16(19-14)15-4-2-3-7-18-15/h5,8H,2-4,6-7,9-11H2,1H3,(H,19,20,24). The summed E-state index contributed by atoms with van der Waals surface area (Å²) >= 11 is 0. The number of aryl methyl sites for hydroxylation is 1. The Labute approximate surface area is 140 Å². The summed E-state index contributed by atoms with van der Waals surface area (Å²) in [7, 11) is 1.92. The predicted octanol–water partition coefficient (Wildman–Crippen LogP) is 1.03. The van der Waals surface area contributed by atoms with Crippen LogP contribution >= 0.6 is 0 Å². The molecule has 4 heterocycles. The van der Waals surface area contributed by atoms with Crippen molar-refractivity contribution in [2.75, 3.05) is 13.1 Å². The summed E-state index contributed by atoms with van der Waals surface area (Å²) < 4.78 is 1.80. The molecule has 2 aromatic heterocycles. The Morgan fingerprint density at radius 3 is 2.96 bits per heavy atom. The van der Waals surface area contributed by atoms with Crippen LogP contribution in [0.1, 0.15) is 42.0 Å². The van der Waals surface area contributed by atoms with Gasteiger partial charge in [0.05, 0.1) is 22.7 Å². The van der Waals surface area contributed by atoms with E-state index in [1.54, 1.807) is 4.68 Å². The van der Waals surface area contributed by atoms with Crippen molar-refractivity contribution in [3.8, 4) is 0 Å². The molecule has 0 spiro atoms. The van der Waals surface area contributed by atoms with Crippen molar-refractivity contribution in [2.24, 2.45) is 12.0 Å². The number of H-pyrrole nitrogens is 1. The molecule has 7 nitrogen and oxygen atoms in total. The zero-order valence-corrected chi connectivity index (χ0v) is 14.0. The maximum Gasteiger partial charge on any atom is 0.255 e. The Morgan fingerprint density at radius 1 is 1.29 bits per heavy atom. The highest BCUT2D eigenvalue weighted by atomic mass is 16.1. The first-order chi connectivity index (χ1) is 11.7. The monoisotopic (exact) mass is 326 g/mol. The van der Waals surface area contributed by atoms with Gasteiger partial charge < -0.3 is 4.98 Å². The van der Waals surface area contributed by atoms with Crippen molar-refractivity contribution in [2.45, 2.75) is 38.8 Å². The van der Waals surface area contributed by atoms with Crippen molar-refractivity contribution in [1.82, 2.24) is 24.6 Å². The van der Waals surface area contributed by atoms with Gasteiger partial charge in [-0.05, 0) is 25.3 Å². The van der Waals surface area contributed by atoms with Crippen LogP contribution in [0.15, 0.2) is 22.1 Å². The average molecular weight is 326 g/mol. The van der Waals surface area contributed by atoms with Crippen molar-refractivity contribution in [1.29, 1.82) is 0 Å².